The Kier molecular flexibility index (Phi) is 4.89. The van der Waals surface area contributed by atoms with Gasteiger partial charge in [-0.25, -0.2) is 9.97 Å². The number of hydrogen-bond donors (Lipinski definition) is 1. The molecule has 1 N–H and O–H groups in total. The molecular formula is C17H24N6OS. The van der Waals surface area contributed by atoms with Crippen LogP contribution in [-0.4, -0.2) is 46.4 Å². The van der Waals surface area contributed by atoms with E-state index in [1.165, 1.54) is 11.5 Å². The van der Waals surface area contributed by atoms with Crippen molar-refractivity contribution in [3.8, 4) is 0 Å². The second-order valence-corrected chi connectivity index (χ2v) is 7.93. The normalized spacial score (nSPS) is 15.4. The molecule has 2 aromatic heterocycles. The number of nitrogens with zero attached hydrogens (tertiary/aromatic N) is 5. The van der Waals surface area contributed by atoms with Gasteiger partial charge in [-0.3, -0.25) is 4.79 Å². The fourth-order valence-electron chi connectivity index (χ4n) is 2.52. The van der Waals surface area contributed by atoms with E-state index < -0.39 is 5.41 Å². The first-order valence-corrected chi connectivity index (χ1v) is 9.18. The molecule has 0 saturated carbocycles. The van der Waals surface area contributed by atoms with E-state index in [1.807, 2.05) is 46.0 Å². The topological polar surface area (TPSA) is 74.2 Å². The molecule has 1 fully saturated rings. The standard InChI is InChI=1S/C17H24N6OS/c1-12-19-16(25-21-12)23-9-7-22(8-10-23)13-5-6-14(18-11-13)20-15(24)17(2,3)4/h5-6,11H,7-10H2,1-4H3,(H,18,20,24). The van der Waals surface area contributed by atoms with E-state index in [0.29, 0.717) is 5.82 Å². The molecule has 25 heavy (non-hydrogen) atoms. The molecule has 3 heterocycles. The van der Waals surface area contributed by atoms with Crippen LogP contribution in [0.5, 0.6) is 0 Å². The maximum Gasteiger partial charge on any atom is 0.230 e. The van der Waals surface area contributed by atoms with Gasteiger partial charge in [-0.2, -0.15) is 4.37 Å². The molecule has 0 unspecified atom stereocenters. The Morgan fingerprint density at radius 2 is 1.84 bits per heavy atom. The van der Waals surface area contributed by atoms with Crippen molar-refractivity contribution in [2.75, 3.05) is 41.3 Å². The summed E-state index contributed by atoms with van der Waals surface area (Å²) in [5, 5.41) is 3.85. The first-order valence-electron chi connectivity index (χ1n) is 8.40. The first kappa shape index (κ1) is 17.6. The van der Waals surface area contributed by atoms with Crippen LogP contribution in [0.15, 0.2) is 18.3 Å². The number of pyridine rings is 1. The molecule has 8 heteroatoms. The number of anilines is 3. The Bertz CT molecular complexity index is 728. The van der Waals surface area contributed by atoms with Gasteiger partial charge in [0.05, 0.1) is 11.9 Å². The Morgan fingerprint density at radius 1 is 1.16 bits per heavy atom. The van der Waals surface area contributed by atoms with Crippen LogP contribution in [0, 0.1) is 12.3 Å². The van der Waals surface area contributed by atoms with Gasteiger partial charge in [0.2, 0.25) is 11.0 Å². The highest BCUT2D eigenvalue weighted by molar-refractivity contribution is 7.09. The number of carbonyl (C=O) groups is 1. The average Bonchev–Trinajstić information content (AvgIpc) is 3.01. The molecule has 0 atom stereocenters. The highest BCUT2D eigenvalue weighted by Gasteiger charge is 2.22. The number of aryl methyl sites for hydroxylation is 1. The van der Waals surface area contributed by atoms with Crippen LogP contribution in [-0.2, 0) is 4.79 Å². The highest BCUT2D eigenvalue weighted by atomic mass is 32.1. The van der Waals surface area contributed by atoms with E-state index in [4.69, 9.17) is 0 Å². The van der Waals surface area contributed by atoms with Gasteiger partial charge in [0.25, 0.3) is 0 Å². The summed E-state index contributed by atoms with van der Waals surface area (Å²) in [4.78, 5) is 25.4. The second kappa shape index (κ2) is 6.95. The summed E-state index contributed by atoms with van der Waals surface area (Å²) in [5.41, 5.74) is 0.640. The van der Waals surface area contributed by atoms with Crippen LogP contribution < -0.4 is 15.1 Å². The Labute approximate surface area is 152 Å². The van der Waals surface area contributed by atoms with Crippen LogP contribution >= 0.6 is 11.5 Å². The minimum Gasteiger partial charge on any atom is -0.367 e. The van der Waals surface area contributed by atoms with Gasteiger partial charge in [-0.15, -0.1) is 0 Å². The van der Waals surface area contributed by atoms with E-state index in [1.54, 1.807) is 0 Å². The number of hydrogen-bond acceptors (Lipinski definition) is 7. The number of carbonyl (C=O) groups excluding carboxylic acids is 1. The SMILES string of the molecule is Cc1nsc(N2CCN(c3ccc(NC(=O)C(C)(C)C)nc3)CC2)n1. The minimum absolute atomic E-state index is 0.0336. The van der Waals surface area contributed by atoms with Crippen molar-refractivity contribution in [3.63, 3.8) is 0 Å². The lowest BCUT2D eigenvalue weighted by Crippen LogP contribution is -2.46. The molecule has 3 rings (SSSR count). The largest absolute Gasteiger partial charge is 0.367 e. The summed E-state index contributed by atoms with van der Waals surface area (Å²) in [6, 6.07) is 3.87. The maximum atomic E-state index is 12.0. The van der Waals surface area contributed by atoms with Gasteiger partial charge in [-0.1, -0.05) is 20.8 Å². The van der Waals surface area contributed by atoms with Gasteiger partial charge in [0.1, 0.15) is 11.6 Å². The average molecular weight is 360 g/mol. The number of aromatic nitrogens is 3. The lowest BCUT2D eigenvalue weighted by atomic mass is 9.96. The van der Waals surface area contributed by atoms with Crippen molar-refractivity contribution in [2.45, 2.75) is 27.7 Å². The number of amides is 1. The van der Waals surface area contributed by atoms with Crippen molar-refractivity contribution >= 4 is 34.1 Å². The van der Waals surface area contributed by atoms with Crippen molar-refractivity contribution in [1.82, 2.24) is 14.3 Å². The molecule has 134 valence electrons. The quantitative estimate of drug-likeness (QED) is 0.907. The summed E-state index contributed by atoms with van der Waals surface area (Å²) in [6.07, 6.45) is 1.82. The molecule has 1 saturated heterocycles. The maximum absolute atomic E-state index is 12.0. The van der Waals surface area contributed by atoms with Crippen LogP contribution in [0.3, 0.4) is 0 Å². The van der Waals surface area contributed by atoms with Crippen LogP contribution in [0.4, 0.5) is 16.6 Å². The third-order valence-corrected chi connectivity index (χ3v) is 4.97. The van der Waals surface area contributed by atoms with Gasteiger partial charge in [-0.05, 0) is 19.1 Å². The van der Waals surface area contributed by atoms with Gasteiger partial charge >= 0.3 is 0 Å². The minimum atomic E-state index is -0.431. The number of rotatable bonds is 3. The monoisotopic (exact) mass is 360 g/mol. The zero-order chi connectivity index (χ0) is 18.0. The summed E-state index contributed by atoms with van der Waals surface area (Å²) < 4.78 is 4.25. The van der Waals surface area contributed by atoms with Crippen LogP contribution in [0.25, 0.3) is 0 Å². The van der Waals surface area contributed by atoms with Gasteiger partial charge < -0.3 is 15.1 Å². The molecule has 1 amide bonds. The second-order valence-electron chi connectivity index (χ2n) is 7.20. The molecule has 0 spiro atoms. The molecule has 7 nitrogen and oxygen atoms in total. The molecule has 1 aliphatic heterocycles. The third kappa shape index (κ3) is 4.25. The summed E-state index contributed by atoms with van der Waals surface area (Å²) >= 11 is 1.46. The molecule has 0 aromatic carbocycles. The van der Waals surface area contributed by atoms with Gasteiger partial charge in [0, 0.05) is 43.1 Å². The highest BCUT2D eigenvalue weighted by Crippen LogP contribution is 2.23. The van der Waals surface area contributed by atoms with Crippen molar-refractivity contribution in [3.05, 3.63) is 24.2 Å². The summed E-state index contributed by atoms with van der Waals surface area (Å²) in [7, 11) is 0. The Balaban J connectivity index is 1.58. The fraction of sp³-hybridized carbons (Fsp3) is 0.529. The fourth-order valence-corrected chi connectivity index (χ4v) is 3.25. The molecule has 1 aliphatic rings. The van der Waals surface area contributed by atoms with Crippen molar-refractivity contribution < 1.29 is 4.79 Å². The Hall–Kier alpha value is -2.22. The first-order chi connectivity index (χ1) is 11.8. The third-order valence-electron chi connectivity index (χ3n) is 4.10. The van der Waals surface area contributed by atoms with E-state index in [9.17, 15) is 4.79 Å². The van der Waals surface area contributed by atoms with E-state index in [2.05, 4.69) is 29.5 Å². The number of piperazine rings is 1. The molecule has 0 bridgehead atoms. The zero-order valence-electron chi connectivity index (χ0n) is 15.1. The van der Waals surface area contributed by atoms with Crippen LogP contribution in [0.2, 0.25) is 0 Å². The van der Waals surface area contributed by atoms with E-state index in [-0.39, 0.29) is 5.91 Å². The zero-order valence-corrected chi connectivity index (χ0v) is 15.9. The van der Waals surface area contributed by atoms with Gasteiger partial charge in [0.15, 0.2) is 0 Å². The molecular weight excluding hydrogens is 336 g/mol. The smallest absolute Gasteiger partial charge is 0.230 e. The predicted molar refractivity (Wildman–Crippen MR) is 101 cm³/mol. The van der Waals surface area contributed by atoms with Crippen molar-refractivity contribution in [2.24, 2.45) is 5.41 Å². The molecule has 0 aliphatic carbocycles. The predicted octanol–water partition coefficient (Wildman–Crippen LogP) is 2.55. The Morgan fingerprint density at radius 3 is 2.36 bits per heavy atom. The molecule has 0 radical (unpaired) electrons. The number of nitrogens with one attached hydrogen (secondary N) is 1. The van der Waals surface area contributed by atoms with Crippen LogP contribution in [0.1, 0.15) is 26.6 Å². The summed E-state index contributed by atoms with van der Waals surface area (Å²) in [6.45, 7) is 11.2. The lowest BCUT2D eigenvalue weighted by Gasteiger charge is -2.35. The van der Waals surface area contributed by atoms with Crippen molar-refractivity contribution in [1.29, 1.82) is 0 Å². The van der Waals surface area contributed by atoms with E-state index in [0.717, 1.165) is 42.8 Å². The summed E-state index contributed by atoms with van der Waals surface area (Å²) in [5.74, 6) is 1.39. The molecule has 2 aromatic rings. The lowest BCUT2D eigenvalue weighted by molar-refractivity contribution is -0.123. The van der Waals surface area contributed by atoms with E-state index >= 15 is 0 Å².